The van der Waals surface area contributed by atoms with Gasteiger partial charge in [-0.25, -0.2) is 0 Å². The molecule has 7 aliphatic rings. The molecule has 44 heavy (non-hydrogen) atoms. The van der Waals surface area contributed by atoms with Crippen molar-refractivity contribution < 1.29 is 24.2 Å². The van der Waals surface area contributed by atoms with Crippen LogP contribution in [0.15, 0.2) is 17.3 Å². The van der Waals surface area contributed by atoms with E-state index in [1.165, 1.54) is 56.1 Å². The Hall–Kier alpha value is -2.16. The summed E-state index contributed by atoms with van der Waals surface area (Å²) in [6, 6.07) is 4.70. The van der Waals surface area contributed by atoms with Gasteiger partial charge in [0.25, 0.3) is 5.91 Å². The Bertz CT molecular complexity index is 1210. The standard InChI is InChI=1S/C36H53N3O5/c1-35-7-6-27-28(30(35)4-5-33(35)39-44-22-34(41)38-9-11-43-13-12-42-10-8-37)3-2-26-17-32(40)31(18-29(26)27)36-19-23-14-24(20-36)16-25(15-23)21-36/h17-18,23-25,27-28,30,40H,2-16,19-22,37H2,1H3,(H,38,41)/b39-33+/t23?,24?,25?,27?,28?,30?,35-,36?/m0/s1. The second kappa shape index (κ2) is 12.6. The zero-order valence-corrected chi connectivity index (χ0v) is 26.7. The summed E-state index contributed by atoms with van der Waals surface area (Å²) in [6.07, 6.45) is 14.8. The van der Waals surface area contributed by atoms with Gasteiger partial charge in [0.1, 0.15) is 5.75 Å². The number of aromatic hydroxyl groups is 1. The Morgan fingerprint density at radius 2 is 1.73 bits per heavy atom. The molecule has 1 aromatic rings. The van der Waals surface area contributed by atoms with E-state index in [0.29, 0.717) is 63.0 Å². The van der Waals surface area contributed by atoms with Crippen LogP contribution < -0.4 is 11.1 Å². The molecule has 0 radical (unpaired) electrons. The molecule has 4 N–H and O–H groups in total. The number of hydrogen-bond acceptors (Lipinski definition) is 7. The number of nitrogens with zero attached hydrogens (tertiary/aromatic N) is 1. The van der Waals surface area contributed by atoms with Gasteiger partial charge in [-0.3, -0.25) is 4.79 Å². The number of aryl methyl sites for hydroxylation is 1. The van der Waals surface area contributed by atoms with Crippen molar-refractivity contribution in [1.29, 1.82) is 0 Å². The van der Waals surface area contributed by atoms with E-state index in [9.17, 15) is 9.90 Å². The van der Waals surface area contributed by atoms with E-state index in [4.69, 9.17) is 20.0 Å². The molecule has 0 aromatic heterocycles. The molecule has 7 aliphatic carbocycles. The molecule has 8 rings (SSSR count). The molecule has 6 fully saturated rings. The van der Waals surface area contributed by atoms with Gasteiger partial charge in [0, 0.05) is 24.1 Å². The molecule has 242 valence electrons. The van der Waals surface area contributed by atoms with Gasteiger partial charge in [-0.05, 0) is 135 Å². The molecule has 0 saturated heterocycles. The highest BCUT2D eigenvalue weighted by Crippen LogP contribution is 2.64. The van der Waals surface area contributed by atoms with E-state index in [-0.39, 0.29) is 23.3 Å². The molecule has 1 aromatic carbocycles. The lowest BCUT2D eigenvalue weighted by Gasteiger charge is -2.57. The fourth-order valence-corrected chi connectivity index (χ4v) is 11.3. The Labute approximate surface area is 262 Å². The lowest BCUT2D eigenvalue weighted by Crippen LogP contribution is -2.48. The molecule has 0 heterocycles. The predicted octanol–water partition coefficient (Wildman–Crippen LogP) is 5.20. The van der Waals surface area contributed by atoms with Gasteiger partial charge in [-0.1, -0.05) is 18.1 Å². The molecule has 4 atom stereocenters. The molecular weight excluding hydrogens is 554 g/mol. The largest absolute Gasteiger partial charge is 0.508 e. The number of carbonyl (C=O) groups excluding carboxylic acids is 1. The number of rotatable bonds is 12. The first-order chi connectivity index (χ1) is 21.4. The summed E-state index contributed by atoms with van der Waals surface area (Å²) >= 11 is 0. The normalized spacial score (nSPS) is 37.5. The lowest BCUT2D eigenvalue weighted by atomic mass is 9.47. The third kappa shape index (κ3) is 5.68. The highest BCUT2D eigenvalue weighted by atomic mass is 16.6. The number of fused-ring (bicyclic) bond motifs is 5. The Kier molecular flexibility index (Phi) is 8.70. The van der Waals surface area contributed by atoms with E-state index in [0.717, 1.165) is 55.6 Å². The maximum absolute atomic E-state index is 12.3. The number of carbonyl (C=O) groups is 1. The van der Waals surface area contributed by atoms with Crippen LogP contribution in [0.25, 0.3) is 0 Å². The number of ether oxygens (including phenoxy) is 2. The molecule has 0 aliphatic heterocycles. The number of phenols is 1. The van der Waals surface area contributed by atoms with E-state index < -0.39 is 0 Å². The summed E-state index contributed by atoms with van der Waals surface area (Å²) in [4.78, 5) is 17.9. The number of benzene rings is 1. The minimum absolute atomic E-state index is 0.0363. The van der Waals surface area contributed by atoms with Crippen molar-refractivity contribution in [2.75, 3.05) is 46.1 Å². The maximum atomic E-state index is 12.3. The number of hydrogen-bond donors (Lipinski definition) is 3. The second-order valence-electron chi connectivity index (χ2n) is 15.4. The first kappa shape index (κ1) is 30.5. The van der Waals surface area contributed by atoms with E-state index >= 15 is 0 Å². The van der Waals surface area contributed by atoms with Crippen molar-refractivity contribution in [3.05, 3.63) is 28.8 Å². The number of amides is 1. The molecular formula is C36H53N3O5. The van der Waals surface area contributed by atoms with Gasteiger partial charge in [0.2, 0.25) is 0 Å². The topological polar surface area (TPSA) is 115 Å². The average molecular weight is 608 g/mol. The third-order valence-corrected chi connectivity index (χ3v) is 12.8. The summed E-state index contributed by atoms with van der Waals surface area (Å²) in [5, 5.41) is 18.8. The van der Waals surface area contributed by atoms with Gasteiger partial charge >= 0.3 is 0 Å². The van der Waals surface area contributed by atoms with Crippen LogP contribution in [-0.4, -0.2) is 62.8 Å². The zero-order valence-electron chi connectivity index (χ0n) is 26.7. The summed E-state index contributed by atoms with van der Waals surface area (Å²) in [5.41, 5.74) is 11.0. The smallest absolute Gasteiger partial charge is 0.260 e. The van der Waals surface area contributed by atoms with Gasteiger partial charge in [0.15, 0.2) is 6.61 Å². The SMILES string of the molecule is C[C@]12CCC3c4cc(C56CC7CC(CC(C7)C5)C6)c(O)cc4CCC3C1CC/C2=N\OCC(=O)NCCOCCOCCN. The van der Waals surface area contributed by atoms with Crippen LogP contribution in [0.2, 0.25) is 0 Å². The van der Waals surface area contributed by atoms with Gasteiger partial charge in [-0.15, -0.1) is 0 Å². The Morgan fingerprint density at radius 1 is 1.00 bits per heavy atom. The average Bonchev–Trinajstić information content (AvgIpc) is 3.33. The third-order valence-electron chi connectivity index (χ3n) is 12.8. The van der Waals surface area contributed by atoms with E-state index in [1.807, 2.05) is 0 Å². The van der Waals surface area contributed by atoms with Gasteiger partial charge in [-0.2, -0.15) is 0 Å². The van der Waals surface area contributed by atoms with Crippen molar-refractivity contribution >= 4 is 11.6 Å². The van der Waals surface area contributed by atoms with Crippen molar-refractivity contribution in [3.8, 4) is 5.75 Å². The van der Waals surface area contributed by atoms with Crippen LogP contribution in [0.3, 0.4) is 0 Å². The summed E-state index contributed by atoms with van der Waals surface area (Å²) < 4.78 is 10.7. The predicted molar refractivity (Wildman–Crippen MR) is 170 cm³/mol. The minimum atomic E-state index is -0.178. The van der Waals surface area contributed by atoms with Crippen molar-refractivity contribution in [2.45, 2.75) is 95.3 Å². The fraction of sp³-hybridized carbons (Fsp3) is 0.778. The first-order valence-corrected chi connectivity index (χ1v) is 17.6. The minimum Gasteiger partial charge on any atom is -0.508 e. The molecule has 6 saturated carbocycles. The number of nitrogens with one attached hydrogen (secondary N) is 1. The molecule has 8 heteroatoms. The van der Waals surface area contributed by atoms with Gasteiger partial charge < -0.3 is 30.5 Å². The number of oxime groups is 1. The van der Waals surface area contributed by atoms with Crippen LogP contribution in [0, 0.1) is 35.0 Å². The number of nitrogens with two attached hydrogens (primary N) is 1. The Morgan fingerprint density at radius 3 is 2.45 bits per heavy atom. The van der Waals surface area contributed by atoms with Gasteiger partial charge in [0.05, 0.1) is 32.1 Å². The van der Waals surface area contributed by atoms with Crippen LogP contribution in [0.5, 0.6) is 5.75 Å². The summed E-state index contributed by atoms with van der Waals surface area (Å²) in [5.74, 6) is 4.83. The van der Waals surface area contributed by atoms with Crippen LogP contribution in [-0.2, 0) is 30.9 Å². The zero-order chi connectivity index (χ0) is 30.3. The van der Waals surface area contributed by atoms with Crippen molar-refractivity contribution in [1.82, 2.24) is 5.32 Å². The quantitative estimate of drug-likeness (QED) is 0.222. The molecule has 8 nitrogen and oxygen atoms in total. The summed E-state index contributed by atoms with van der Waals surface area (Å²) in [7, 11) is 0. The van der Waals surface area contributed by atoms with E-state index in [1.54, 1.807) is 5.56 Å². The fourth-order valence-electron chi connectivity index (χ4n) is 11.3. The second-order valence-corrected chi connectivity index (χ2v) is 15.4. The highest BCUT2D eigenvalue weighted by Gasteiger charge is 2.55. The van der Waals surface area contributed by atoms with E-state index in [2.05, 4.69) is 29.5 Å². The van der Waals surface area contributed by atoms with Crippen molar-refractivity contribution in [3.63, 3.8) is 0 Å². The molecule has 0 spiro atoms. The highest BCUT2D eigenvalue weighted by molar-refractivity contribution is 5.92. The molecule has 4 bridgehead atoms. The van der Waals surface area contributed by atoms with Crippen LogP contribution >= 0.6 is 0 Å². The Balaban J connectivity index is 0.967. The van der Waals surface area contributed by atoms with Crippen molar-refractivity contribution in [2.24, 2.45) is 45.9 Å². The summed E-state index contributed by atoms with van der Waals surface area (Å²) in [6.45, 7) is 5.21. The molecule has 3 unspecified atom stereocenters. The number of phenolic OH excluding ortho intramolecular Hbond substituents is 1. The first-order valence-electron chi connectivity index (χ1n) is 17.6. The monoisotopic (exact) mass is 607 g/mol. The molecule has 1 amide bonds. The van der Waals surface area contributed by atoms with Crippen LogP contribution in [0.4, 0.5) is 0 Å². The maximum Gasteiger partial charge on any atom is 0.260 e. The lowest BCUT2D eigenvalue weighted by molar-refractivity contribution is -0.125. The van der Waals surface area contributed by atoms with Crippen LogP contribution in [0.1, 0.15) is 100 Å².